The molecule has 2 rings (SSSR count). The van der Waals surface area contributed by atoms with Gasteiger partial charge in [-0.3, -0.25) is 9.80 Å². The fourth-order valence-electron chi connectivity index (χ4n) is 3.18. The van der Waals surface area contributed by atoms with Gasteiger partial charge in [-0.05, 0) is 31.0 Å². The minimum absolute atomic E-state index is 0.123. The first-order chi connectivity index (χ1) is 11.5. The van der Waals surface area contributed by atoms with Gasteiger partial charge in [0, 0.05) is 32.2 Å². The Hall–Kier alpha value is -1.24. The van der Waals surface area contributed by atoms with Crippen LogP contribution in [0.15, 0.2) is 24.3 Å². The molecule has 1 aliphatic heterocycles. The predicted octanol–water partition coefficient (Wildman–Crippen LogP) is 2.40. The first-order valence-electron chi connectivity index (χ1n) is 8.60. The largest absolute Gasteiger partial charge is 0.491 e. The molecule has 0 aromatic heterocycles. The maximum Gasteiger partial charge on any atom is 0.251 e. The van der Waals surface area contributed by atoms with Crippen molar-refractivity contribution in [2.75, 3.05) is 39.3 Å². The summed E-state index contributed by atoms with van der Waals surface area (Å²) in [4.78, 5) is 4.00. The molecule has 0 radical (unpaired) electrons. The van der Waals surface area contributed by atoms with Crippen LogP contribution in [0.5, 0.6) is 5.75 Å². The Bertz CT molecular complexity index is 502. The summed E-state index contributed by atoms with van der Waals surface area (Å²) in [5.41, 5.74) is 1.11. The summed E-state index contributed by atoms with van der Waals surface area (Å²) in [7, 11) is 0. The molecule has 0 bridgehead atoms. The topological polar surface area (TPSA) is 35.9 Å². The number of β-amino-alcohol motifs (C(OH)–C–C–N with tert-alkyl or cyclic N) is 1. The van der Waals surface area contributed by atoms with Crippen LogP contribution in [0.1, 0.15) is 18.9 Å². The first-order valence-corrected chi connectivity index (χ1v) is 8.60. The van der Waals surface area contributed by atoms with Crippen LogP contribution in [0.3, 0.4) is 0 Å². The number of benzene rings is 1. The summed E-state index contributed by atoms with van der Waals surface area (Å²) >= 11 is 0. The molecule has 1 aromatic carbocycles. The number of ether oxygens (including phenoxy) is 1. The molecule has 6 heteroatoms. The third-order valence-electron chi connectivity index (χ3n) is 4.43. The van der Waals surface area contributed by atoms with E-state index in [2.05, 4.69) is 4.90 Å². The monoisotopic (exact) mass is 342 g/mol. The molecule has 2 unspecified atom stereocenters. The van der Waals surface area contributed by atoms with E-state index in [-0.39, 0.29) is 19.2 Å². The summed E-state index contributed by atoms with van der Waals surface area (Å²) in [5.74, 6) is 0.752. The number of aliphatic hydroxyl groups excluding tert-OH is 1. The van der Waals surface area contributed by atoms with Crippen LogP contribution in [-0.2, 0) is 0 Å². The molecule has 1 saturated heterocycles. The van der Waals surface area contributed by atoms with Gasteiger partial charge in [-0.2, -0.15) is 0 Å². The zero-order valence-corrected chi connectivity index (χ0v) is 14.5. The van der Waals surface area contributed by atoms with Crippen molar-refractivity contribution in [1.82, 2.24) is 9.80 Å². The molecule has 1 fully saturated rings. The number of aliphatic hydroxyl groups is 1. The fraction of sp³-hybridized carbons (Fsp3) is 0.667. The highest BCUT2D eigenvalue weighted by Crippen LogP contribution is 2.16. The Balaban J connectivity index is 1.76. The van der Waals surface area contributed by atoms with Crippen molar-refractivity contribution >= 4 is 0 Å². The maximum atomic E-state index is 12.6. The number of hydrogen-bond acceptors (Lipinski definition) is 4. The Morgan fingerprint density at radius 2 is 2.08 bits per heavy atom. The molecule has 0 spiro atoms. The van der Waals surface area contributed by atoms with Crippen LogP contribution >= 0.6 is 0 Å². The Kier molecular flexibility index (Phi) is 7.40. The molecule has 0 amide bonds. The maximum absolute atomic E-state index is 12.6. The van der Waals surface area contributed by atoms with Crippen LogP contribution < -0.4 is 4.74 Å². The highest BCUT2D eigenvalue weighted by Gasteiger charge is 2.28. The van der Waals surface area contributed by atoms with Crippen molar-refractivity contribution in [3.8, 4) is 5.75 Å². The van der Waals surface area contributed by atoms with E-state index in [9.17, 15) is 13.9 Å². The van der Waals surface area contributed by atoms with E-state index in [1.54, 1.807) is 0 Å². The van der Waals surface area contributed by atoms with Gasteiger partial charge in [0.15, 0.2) is 0 Å². The Morgan fingerprint density at radius 1 is 1.29 bits per heavy atom. The second-order valence-electron chi connectivity index (χ2n) is 6.49. The molecular formula is C18H28F2N2O2. The summed E-state index contributed by atoms with van der Waals surface area (Å²) in [6, 6.07) is 7.84. The molecule has 1 N–H and O–H groups in total. The standard InChI is InChI=1S/C18H28F2N2O2/c1-3-15-10-21(7-8-22(15)12-18(19)20)11-16(23)13-24-17-6-4-5-14(2)9-17/h4-6,9,15-16,18,23H,3,7-8,10-13H2,1-2H3. The van der Waals surface area contributed by atoms with Crippen LogP contribution in [0.25, 0.3) is 0 Å². The number of aryl methyl sites for hydroxylation is 1. The molecule has 1 heterocycles. The third kappa shape index (κ3) is 6.00. The highest BCUT2D eigenvalue weighted by atomic mass is 19.3. The number of halogens is 2. The molecule has 136 valence electrons. The first kappa shape index (κ1) is 19.1. The lowest BCUT2D eigenvalue weighted by Gasteiger charge is -2.41. The van der Waals surface area contributed by atoms with Crippen LogP contribution in [0.2, 0.25) is 0 Å². The molecule has 1 aliphatic rings. The van der Waals surface area contributed by atoms with E-state index < -0.39 is 12.5 Å². The third-order valence-corrected chi connectivity index (χ3v) is 4.43. The van der Waals surface area contributed by atoms with Crippen molar-refractivity contribution in [2.24, 2.45) is 0 Å². The van der Waals surface area contributed by atoms with E-state index in [0.717, 1.165) is 17.7 Å². The van der Waals surface area contributed by atoms with E-state index in [4.69, 9.17) is 4.74 Å². The van der Waals surface area contributed by atoms with Gasteiger partial charge in [-0.25, -0.2) is 8.78 Å². The van der Waals surface area contributed by atoms with Crippen molar-refractivity contribution in [1.29, 1.82) is 0 Å². The minimum atomic E-state index is -2.29. The molecule has 24 heavy (non-hydrogen) atoms. The van der Waals surface area contributed by atoms with Gasteiger partial charge in [-0.1, -0.05) is 19.1 Å². The molecule has 1 aromatic rings. The van der Waals surface area contributed by atoms with E-state index in [1.807, 2.05) is 43.0 Å². The lowest BCUT2D eigenvalue weighted by Crippen LogP contribution is -2.55. The van der Waals surface area contributed by atoms with Gasteiger partial charge in [0.25, 0.3) is 6.43 Å². The van der Waals surface area contributed by atoms with E-state index in [1.165, 1.54) is 0 Å². The average molecular weight is 342 g/mol. The minimum Gasteiger partial charge on any atom is -0.491 e. The fourth-order valence-corrected chi connectivity index (χ4v) is 3.18. The molecule has 0 saturated carbocycles. The Labute approximate surface area is 143 Å². The Morgan fingerprint density at radius 3 is 2.75 bits per heavy atom. The van der Waals surface area contributed by atoms with E-state index >= 15 is 0 Å². The quantitative estimate of drug-likeness (QED) is 0.787. The molecular weight excluding hydrogens is 314 g/mol. The van der Waals surface area contributed by atoms with Crippen LogP contribution in [0, 0.1) is 6.92 Å². The van der Waals surface area contributed by atoms with E-state index in [0.29, 0.717) is 26.2 Å². The predicted molar refractivity (Wildman–Crippen MR) is 90.8 cm³/mol. The average Bonchev–Trinajstić information content (AvgIpc) is 2.54. The number of hydrogen-bond donors (Lipinski definition) is 1. The van der Waals surface area contributed by atoms with Gasteiger partial charge in [0.2, 0.25) is 0 Å². The van der Waals surface area contributed by atoms with Gasteiger partial charge in [0.1, 0.15) is 18.5 Å². The normalized spacial score (nSPS) is 21.2. The summed E-state index contributed by atoms with van der Waals surface area (Å²) in [6.45, 7) is 6.62. The van der Waals surface area contributed by atoms with Crippen molar-refractivity contribution < 1.29 is 18.6 Å². The molecule has 4 nitrogen and oxygen atoms in total. The number of alkyl halides is 2. The molecule has 2 atom stereocenters. The lowest BCUT2D eigenvalue weighted by molar-refractivity contribution is -0.00158. The number of piperazine rings is 1. The second kappa shape index (κ2) is 9.30. The van der Waals surface area contributed by atoms with Crippen molar-refractivity contribution in [3.63, 3.8) is 0 Å². The lowest BCUT2D eigenvalue weighted by atomic mass is 10.1. The molecule has 0 aliphatic carbocycles. The van der Waals surface area contributed by atoms with Crippen LogP contribution in [0.4, 0.5) is 8.78 Å². The number of rotatable bonds is 8. The van der Waals surface area contributed by atoms with Gasteiger partial charge in [-0.15, -0.1) is 0 Å². The smallest absolute Gasteiger partial charge is 0.251 e. The SMILES string of the molecule is CCC1CN(CC(O)COc2cccc(C)c2)CCN1CC(F)F. The van der Waals surface area contributed by atoms with Gasteiger partial charge < -0.3 is 9.84 Å². The van der Waals surface area contributed by atoms with Gasteiger partial charge >= 0.3 is 0 Å². The van der Waals surface area contributed by atoms with Crippen molar-refractivity contribution in [2.45, 2.75) is 38.8 Å². The summed E-state index contributed by atoms with van der Waals surface area (Å²) < 4.78 is 30.9. The second-order valence-corrected chi connectivity index (χ2v) is 6.49. The van der Waals surface area contributed by atoms with Crippen molar-refractivity contribution in [3.05, 3.63) is 29.8 Å². The van der Waals surface area contributed by atoms with Gasteiger partial charge in [0.05, 0.1) is 6.54 Å². The zero-order valence-electron chi connectivity index (χ0n) is 14.5. The summed E-state index contributed by atoms with van der Waals surface area (Å²) in [6.07, 6.45) is -2.05. The highest BCUT2D eigenvalue weighted by molar-refractivity contribution is 5.27. The zero-order chi connectivity index (χ0) is 17.5. The number of nitrogens with zero attached hydrogens (tertiary/aromatic N) is 2. The van der Waals surface area contributed by atoms with Crippen LogP contribution in [-0.4, -0.2) is 72.8 Å². The summed E-state index contributed by atoms with van der Waals surface area (Å²) in [5, 5.41) is 10.2.